The van der Waals surface area contributed by atoms with Crippen molar-refractivity contribution in [3.05, 3.63) is 59.3 Å². The third-order valence-electron chi connectivity index (χ3n) is 5.22. The van der Waals surface area contributed by atoms with Gasteiger partial charge in [-0.15, -0.1) is 6.58 Å². The van der Waals surface area contributed by atoms with Gasteiger partial charge in [0.15, 0.2) is 0 Å². The number of aromatic nitrogens is 1. The standard InChI is InChI=1S/C19H22N2O/c1-3-7-21-10-13(11-22)8-16-14-5-4-6-17-19(14)15(9-18(16)21)12(2)20-17/h3-6,8,16,18,20,22H,1,7,9-11H2,2H3/t16-,18-/m1/s1. The topological polar surface area (TPSA) is 39.3 Å². The number of aromatic amines is 1. The van der Waals surface area contributed by atoms with Crippen LogP contribution in [0.5, 0.6) is 0 Å². The number of aliphatic hydroxyl groups is 1. The maximum Gasteiger partial charge on any atom is 0.0654 e. The van der Waals surface area contributed by atoms with Crippen molar-refractivity contribution in [2.24, 2.45) is 0 Å². The highest BCUT2D eigenvalue weighted by molar-refractivity contribution is 5.90. The molecule has 4 rings (SSSR count). The summed E-state index contributed by atoms with van der Waals surface area (Å²) >= 11 is 0. The first-order valence-electron chi connectivity index (χ1n) is 7.98. The minimum Gasteiger partial charge on any atom is -0.392 e. The molecule has 0 radical (unpaired) electrons. The molecule has 3 nitrogen and oxygen atoms in total. The molecule has 2 aliphatic rings. The average Bonchev–Trinajstić information content (AvgIpc) is 2.85. The Morgan fingerprint density at radius 3 is 3.09 bits per heavy atom. The Morgan fingerprint density at radius 2 is 2.32 bits per heavy atom. The maximum atomic E-state index is 9.63. The highest BCUT2D eigenvalue weighted by Crippen LogP contribution is 2.43. The Hall–Kier alpha value is -1.84. The van der Waals surface area contributed by atoms with E-state index in [9.17, 15) is 5.11 Å². The Balaban J connectivity index is 1.91. The van der Waals surface area contributed by atoms with Gasteiger partial charge in [0.25, 0.3) is 0 Å². The zero-order chi connectivity index (χ0) is 15.3. The second kappa shape index (κ2) is 5.11. The molecule has 22 heavy (non-hydrogen) atoms. The highest BCUT2D eigenvalue weighted by Gasteiger charge is 2.37. The van der Waals surface area contributed by atoms with Crippen LogP contribution in [0.1, 0.15) is 22.7 Å². The molecular weight excluding hydrogens is 272 g/mol. The molecule has 2 aromatic rings. The van der Waals surface area contributed by atoms with Crippen LogP contribution in [0.15, 0.2) is 42.5 Å². The Kier molecular flexibility index (Phi) is 3.21. The second-order valence-corrected chi connectivity index (χ2v) is 6.50. The summed E-state index contributed by atoms with van der Waals surface area (Å²) in [4.78, 5) is 5.99. The van der Waals surface area contributed by atoms with Gasteiger partial charge >= 0.3 is 0 Å². The maximum absolute atomic E-state index is 9.63. The number of aliphatic hydroxyl groups excluding tert-OH is 1. The molecule has 114 valence electrons. The van der Waals surface area contributed by atoms with Crippen LogP contribution in [-0.2, 0) is 6.42 Å². The zero-order valence-electron chi connectivity index (χ0n) is 13.0. The van der Waals surface area contributed by atoms with E-state index in [2.05, 4.69) is 47.7 Å². The number of rotatable bonds is 3. The highest BCUT2D eigenvalue weighted by atomic mass is 16.3. The molecule has 2 N–H and O–H groups in total. The number of aryl methyl sites for hydroxylation is 1. The lowest BCUT2D eigenvalue weighted by Crippen LogP contribution is -2.46. The van der Waals surface area contributed by atoms with Gasteiger partial charge < -0.3 is 10.1 Å². The summed E-state index contributed by atoms with van der Waals surface area (Å²) in [5.41, 5.74) is 6.50. The lowest BCUT2D eigenvalue weighted by molar-refractivity contribution is 0.188. The quantitative estimate of drug-likeness (QED) is 0.854. The molecular formula is C19H22N2O. The minimum atomic E-state index is 0.145. The van der Waals surface area contributed by atoms with Gasteiger partial charge in [-0.3, -0.25) is 4.90 Å². The largest absolute Gasteiger partial charge is 0.392 e. The Morgan fingerprint density at radius 1 is 1.45 bits per heavy atom. The van der Waals surface area contributed by atoms with Crippen LogP contribution in [0, 0.1) is 6.92 Å². The third kappa shape index (κ3) is 1.89. The smallest absolute Gasteiger partial charge is 0.0654 e. The molecule has 2 atom stereocenters. The normalized spacial score (nSPS) is 24.2. The van der Waals surface area contributed by atoms with Crippen molar-refractivity contribution in [2.45, 2.75) is 25.3 Å². The summed E-state index contributed by atoms with van der Waals surface area (Å²) in [6, 6.07) is 7.01. The van der Waals surface area contributed by atoms with E-state index in [1.807, 2.05) is 6.08 Å². The molecule has 1 aliphatic carbocycles. The summed E-state index contributed by atoms with van der Waals surface area (Å²) in [6.45, 7) is 7.94. The number of benzene rings is 1. The van der Waals surface area contributed by atoms with E-state index in [0.717, 1.165) is 25.1 Å². The zero-order valence-corrected chi connectivity index (χ0v) is 13.0. The molecule has 0 saturated carbocycles. The molecule has 1 aromatic heterocycles. The van der Waals surface area contributed by atoms with E-state index in [-0.39, 0.29) is 6.61 Å². The van der Waals surface area contributed by atoms with Crippen molar-refractivity contribution in [3.8, 4) is 0 Å². The fourth-order valence-corrected chi connectivity index (χ4v) is 4.26. The first kappa shape index (κ1) is 13.8. The third-order valence-corrected chi connectivity index (χ3v) is 5.22. The van der Waals surface area contributed by atoms with Crippen LogP contribution in [-0.4, -0.2) is 40.7 Å². The molecule has 0 fully saturated rings. The second-order valence-electron chi connectivity index (χ2n) is 6.50. The number of hydrogen-bond donors (Lipinski definition) is 2. The van der Waals surface area contributed by atoms with Gasteiger partial charge in [0, 0.05) is 41.6 Å². The van der Waals surface area contributed by atoms with Crippen molar-refractivity contribution < 1.29 is 5.11 Å². The van der Waals surface area contributed by atoms with Crippen LogP contribution < -0.4 is 0 Å². The molecule has 0 bridgehead atoms. The van der Waals surface area contributed by atoms with Crippen molar-refractivity contribution in [1.82, 2.24) is 9.88 Å². The van der Waals surface area contributed by atoms with Gasteiger partial charge in [0.2, 0.25) is 0 Å². The van der Waals surface area contributed by atoms with Crippen LogP contribution in [0.4, 0.5) is 0 Å². The molecule has 2 heterocycles. The van der Waals surface area contributed by atoms with Crippen molar-refractivity contribution in [3.63, 3.8) is 0 Å². The molecule has 1 aliphatic heterocycles. The predicted molar refractivity (Wildman–Crippen MR) is 90.2 cm³/mol. The Bertz CT molecular complexity index is 771. The number of nitrogens with one attached hydrogen (secondary N) is 1. The number of nitrogens with zero attached hydrogens (tertiary/aromatic N) is 1. The average molecular weight is 294 g/mol. The van der Waals surface area contributed by atoms with E-state index in [1.54, 1.807) is 0 Å². The molecule has 0 saturated heterocycles. The van der Waals surface area contributed by atoms with Crippen LogP contribution in [0.3, 0.4) is 0 Å². The van der Waals surface area contributed by atoms with E-state index in [0.29, 0.717) is 12.0 Å². The van der Waals surface area contributed by atoms with Gasteiger partial charge in [-0.25, -0.2) is 0 Å². The molecule has 3 heteroatoms. The summed E-state index contributed by atoms with van der Waals surface area (Å²) in [5, 5.41) is 11.0. The summed E-state index contributed by atoms with van der Waals surface area (Å²) in [7, 11) is 0. The first-order chi connectivity index (χ1) is 10.7. The lowest BCUT2D eigenvalue weighted by Gasteiger charge is -2.42. The van der Waals surface area contributed by atoms with Crippen molar-refractivity contribution >= 4 is 10.9 Å². The molecule has 0 spiro atoms. The van der Waals surface area contributed by atoms with Gasteiger partial charge in [0.05, 0.1) is 6.61 Å². The monoisotopic (exact) mass is 294 g/mol. The minimum absolute atomic E-state index is 0.145. The molecule has 0 amide bonds. The van der Waals surface area contributed by atoms with Gasteiger partial charge in [-0.2, -0.15) is 0 Å². The van der Waals surface area contributed by atoms with Gasteiger partial charge in [-0.1, -0.05) is 24.3 Å². The fourth-order valence-electron chi connectivity index (χ4n) is 4.26. The predicted octanol–water partition coefficient (Wildman–Crippen LogP) is 2.90. The molecule has 0 unspecified atom stereocenters. The van der Waals surface area contributed by atoms with E-state index >= 15 is 0 Å². The van der Waals surface area contributed by atoms with Gasteiger partial charge in [-0.05, 0) is 36.1 Å². The van der Waals surface area contributed by atoms with E-state index in [1.165, 1.54) is 27.7 Å². The SMILES string of the molecule is C=CCN1CC(CO)=C[C@@H]2c3cccc4[nH]c(C)c(c34)C[C@H]21. The lowest BCUT2D eigenvalue weighted by atomic mass is 9.76. The van der Waals surface area contributed by atoms with E-state index in [4.69, 9.17) is 0 Å². The number of fused-ring (bicyclic) bond motifs is 2. The first-order valence-corrected chi connectivity index (χ1v) is 7.98. The van der Waals surface area contributed by atoms with Crippen molar-refractivity contribution in [1.29, 1.82) is 0 Å². The van der Waals surface area contributed by atoms with Gasteiger partial charge in [0.1, 0.15) is 0 Å². The summed E-state index contributed by atoms with van der Waals surface area (Å²) in [6.07, 6.45) is 5.33. The molecule has 1 aromatic carbocycles. The Labute approximate surface area is 130 Å². The van der Waals surface area contributed by atoms with Crippen LogP contribution in [0.25, 0.3) is 10.9 Å². The van der Waals surface area contributed by atoms with Crippen LogP contribution >= 0.6 is 0 Å². The van der Waals surface area contributed by atoms with Crippen LogP contribution in [0.2, 0.25) is 0 Å². The fraction of sp³-hybridized carbons (Fsp3) is 0.368. The number of H-pyrrole nitrogens is 1. The summed E-state index contributed by atoms with van der Waals surface area (Å²) < 4.78 is 0. The van der Waals surface area contributed by atoms with E-state index < -0.39 is 0 Å². The summed E-state index contributed by atoms with van der Waals surface area (Å²) in [5.74, 6) is 0.363. The number of hydrogen-bond acceptors (Lipinski definition) is 2. The van der Waals surface area contributed by atoms with Crippen molar-refractivity contribution in [2.75, 3.05) is 19.7 Å².